The van der Waals surface area contributed by atoms with Crippen LogP contribution in [0, 0.1) is 11.3 Å². The minimum Gasteiger partial charge on any atom is -0.481 e. The van der Waals surface area contributed by atoms with Crippen molar-refractivity contribution in [3.05, 3.63) is 35.9 Å². The third kappa shape index (κ3) is 3.49. The van der Waals surface area contributed by atoms with Crippen molar-refractivity contribution in [2.45, 2.75) is 31.4 Å². The fraction of sp³-hybridized carbons (Fsp3) is 0.611. The number of carboxylic acid groups (broad SMARTS) is 1. The molecule has 3 saturated heterocycles. The van der Waals surface area contributed by atoms with Crippen molar-refractivity contribution in [1.29, 1.82) is 0 Å². The van der Waals surface area contributed by atoms with Gasteiger partial charge in [0.2, 0.25) is 0 Å². The molecule has 3 heterocycles. The molecule has 120 valence electrons. The number of carboxylic acids is 1. The maximum Gasteiger partial charge on any atom is 0.310 e. The van der Waals surface area contributed by atoms with Gasteiger partial charge < -0.3 is 10.0 Å². The van der Waals surface area contributed by atoms with Crippen molar-refractivity contribution in [2.75, 3.05) is 25.4 Å². The largest absolute Gasteiger partial charge is 0.481 e. The fourth-order valence-corrected chi connectivity index (χ4v) is 5.29. The molecule has 0 aromatic heterocycles. The normalized spacial score (nSPS) is 30.0. The zero-order valence-corrected chi connectivity index (χ0v) is 14.0. The Kier molecular flexibility index (Phi) is 4.79. The Morgan fingerprint density at radius 2 is 2.00 bits per heavy atom. The summed E-state index contributed by atoms with van der Waals surface area (Å²) in [4.78, 5) is 14.4. The molecule has 1 aromatic carbocycles. The zero-order chi connectivity index (χ0) is 15.6. The van der Waals surface area contributed by atoms with Crippen LogP contribution >= 0.6 is 11.8 Å². The number of nitrogens with zero attached hydrogens (tertiary/aromatic N) is 1. The predicted octanol–water partition coefficient (Wildman–Crippen LogP) is 3.15. The van der Waals surface area contributed by atoms with E-state index in [1.165, 1.54) is 25.9 Å². The Labute approximate surface area is 137 Å². The van der Waals surface area contributed by atoms with E-state index in [0.29, 0.717) is 17.4 Å². The van der Waals surface area contributed by atoms with Crippen LogP contribution in [0.4, 0.5) is 0 Å². The third-order valence-electron chi connectivity index (χ3n) is 5.17. The summed E-state index contributed by atoms with van der Waals surface area (Å²) in [5.74, 6) is 0.821. The number of fused-ring (bicyclic) bond motifs is 3. The van der Waals surface area contributed by atoms with Crippen molar-refractivity contribution < 1.29 is 9.90 Å². The molecule has 4 rings (SSSR count). The first-order valence-electron chi connectivity index (χ1n) is 8.18. The summed E-state index contributed by atoms with van der Waals surface area (Å²) in [6, 6.07) is 10.0. The van der Waals surface area contributed by atoms with Gasteiger partial charge in [0.1, 0.15) is 0 Å². The van der Waals surface area contributed by atoms with E-state index < -0.39 is 11.4 Å². The van der Waals surface area contributed by atoms with Gasteiger partial charge in [-0.2, -0.15) is 11.8 Å². The zero-order valence-electron chi connectivity index (χ0n) is 13.2. The third-order valence-corrected chi connectivity index (χ3v) is 6.93. The van der Waals surface area contributed by atoms with E-state index in [1.54, 1.807) is 0 Å². The molecule has 3 nitrogen and oxygen atoms in total. The minimum absolute atomic E-state index is 0.608. The monoisotopic (exact) mass is 319 g/mol. The van der Waals surface area contributed by atoms with Crippen molar-refractivity contribution in [3.8, 4) is 0 Å². The first-order chi connectivity index (χ1) is 10.6. The van der Waals surface area contributed by atoms with Crippen molar-refractivity contribution in [2.24, 2.45) is 11.3 Å². The molecule has 3 aliphatic heterocycles. The summed E-state index contributed by atoms with van der Waals surface area (Å²) in [7, 11) is 0. The van der Waals surface area contributed by atoms with Crippen molar-refractivity contribution >= 4 is 17.7 Å². The number of piperidine rings is 3. The second-order valence-electron chi connectivity index (χ2n) is 7.02. The van der Waals surface area contributed by atoms with Crippen molar-refractivity contribution in [1.82, 2.24) is 4.90 Å². The van der Waals surface area contributed by atoms with Gasteiger partial charge in [0, 0.05) is 17.5 Å². The lowest BCUT2D eigenvalue weighted by Crippen LogP contribution is -2.49. The number of benzene rings is 1. The smallest absolute Gasteiger partial charge is 0.310 e. The Balaban J connectivity index is 1.63. The minimum atomic E-state index is -0.682. The molecule has 0 amide bonds. The molecule has 22 heavy (non-hydrogen) atoms. The number of carbonyl (C=O) groups is 1. The average molecular weight is 319 g/mol. The van der Waals surface area contributed by atoms with Gasteiger partial charge in [-0.1, -0.05) is 30.3 Å². The van der Waals surface area contributed by atoms with Gasteiger partial charge in [-0.15, -0.1) is 0 Å². The van der Waals surface area contributed by atoms with Crippen LogP contribution in [0.15, 0.2) is 30.3 Å². The van der Waals surface area contributed by atoms with E-state index in [4.69, 9.17) is 0 Å². The Hall–Kier alpha value is -1.00. The summed E-state index contributed by atoms with van der Waals surface area (Å²) in [6.07, 6.45) is 3.19. The fourth-order valence-electron chi connectivity index (χ4n) is 3.63. The molecule has 0 aliphatic carbocycles. The first-order valence-corrected chi connectivity index (χ1v) is 9.23. The van der Waals surface area contributed by atoms with Gasteiger partial charge in [0.05, 0.1) is 5.41 Å². The van der Waals surface area contributed by atoms with Gasteiger partial charge in [0.15, 0.2) is 0 Å². The Morgan fingerprint density at radius 1 is 1.32 bits per heavy atom. The van der Waals surface area contributed by atoms with Crippen LogP contribution in [0.5, 0.6) is 0 Å². The highest BCUT2D eigenvalue weighted by molar-refractivity contribution is 8.00. The van der Waals surface area contributed by atoms with Crippen LogP contribution in [0.3, 0.4) is 0 Å². The molecule has 2 atom stereocenters. The average Bonchev–Trinajstić information content (AvgIpc) is 2.55. The predicted molar refractivity (Wildman–Crippen MR) is 91.3 cm³/mol. The molecule has 2 unspecified atom stereocenters. The second kappa shape index (κ2) is 6.63. The number of hydrogen-bond donors (Lipinski definition) is 1. The molecule has 4 heteroatoms. The van der Waals surface area contributed by atoms with Gasteiger partial charge in [-0.25, -0.2) is 0 Å². The summed E-state index contributed by atoms with van der Waals surface area (Å²) < 4.78 is 0. The lowest BCUT2D eigenvalue weighted by molar-refractivity contribution is -0.146. The highest BCUT2D eigenvalue weighted by Crippen LogP contribution is 2.38. The van der Waals surface area contributed by atoms with E-state index in [1.807, 2.05) is 49.0 Å². The van der Waals surface area contributed by atoms with Crippen LogP contribution in [-0.4, -0.2) is 46.6 Å². The number of aliphatic carboxylic acids is 1. The quantitative estimate of drug-likeness (QED) is 0.874. The van der Waals surface area contributed by atoms with E-state index in [-0.39, 0.29) is 0 Å². The molecular weight excluding hydrogens is 294 g/mol. The lowest BCUT2D eigenvalue weighted by atomic mass is 9.85. The summed E-state index contributed by atoms with van der Waals surface area (Å²) in [5, 5.41) is 10.4. The molecule has 2 bridgehead atoms. The van der Waals surface area contributed by atoms with E-state index >= 15 is 0 Å². The highest BCUT2D eigenvalue weighted by Gasteiger charge is 2.38. The van der Waals surface area contributed by atoms with Gasteiger partial charge in [-0.05, 0) is 50.8 Å². The number of rotatable bonds is 6. The molecule has 3 aliphatic rings. The SMILES string of the molecule is CC(CSC1CN2CCC1CC2)(Cc1ccccc1)C(=O)O. The van der Waals surface area contributed by atoms with Crippen LogP contribution < -0.4 is 0 Å². The summed E-state index contributed by atoms with van der Waals surface area (Å²) in [5.41, 5.74) is 0.430. The van der Waals surface area contributed by atoms with Crippen LogP contribution in [0.25, 0.3) is 0 Å². The molecule has 1 aromatic rings. The molecule has 1 N–H and O–H groups in total. The first kappa shape index (κ1) is 15.9. The number of hydrogen-bond acceptors (Lipinski definition) is 3. The summed E-state index contributed by atoms with van der Waals surface area (Å²) in [6.45, 7) is 5.52. The van der Waals surface area contributed by atoms with E-state index in [0.717, 1.165) is 18.0 Å². The summed E-state index contributed by atoms with van der Waals surface area (Å²) >= 11 is 1.89. The van der Waals surface area contributed by atoms with Crippen LogP contribution in [0.2, 0.25) is 0 Å². The van der Waals surface area contributed by atoms with E-state index in [9.17, 15) is 9.90 Å². The van der Waals surface area contributed by atoms with Crippen molar-refractivity contribution in [3.63, 3.8) is 0 Å². The second-order valence-corrected chi connectivity index (χ2v) is 8.24. The van der Waals surface area contributed by atoms with Gasteiger partial charge >= 0.3 is 5.97 Å². The molecule has 3 fully saturated rings. The van der Waals surface area contributed by atoms with Crippen LogP contribution in [-0.2, 0) is 11.2 Å². The maximum atomic E-state index is 11.8. The highest BCUT2D eigenvalue weighted by atomic mass is 32.2. The van der Waals surface area contributed by atoms with E-state index in [2.05, 4.69) is 4.90 Å². The van der Waals surface area contributed by atoms with Gasteiger partial charge in [-0.3, -0.25) is 4.79 Å². The molecule has 0 saturated carbocycles. The number of thioether (sulfide) groups is 1. The topological polar surface area (TPSA) is 40.5 Å². The maximum absolute atomic E-state index is 11.8. The Bertz CT molecular complexity index is 513. The molecule has 0 spiro atoms. The van der Waals surface area contributed by atoms with Gasteiger partial charge in [0.25, 0.3) is 0 Å². The van der Waals surface area contributed by atoms with Crippen LogP contribution in [0.1, 0.15) is 25.3 Å². The molecular formula is C18H25NO2S. The standard InChI is InChI=1S/C18H25NO2S/c1-18(17(20)21,11-14-5-3-2-4-6-14)13-22-16-12-19-9-7-15(16)8-10-19/h2-6,15-16H,7-13H2,1H3,(H,20,21). The lowest BCUT2D eigenvalue weighted by Gasteiger charge is -2.45. The molecule has 0 radical (unpaired) electrons. The Morgan fingerprint density at radius 3 is 2.55 bits per heavy atom.